The van der Waals surface area contributed by atoms with Crippen molar-refractivity contribution in [3.8, 4) is 0 Å². The van der Waals surface area contributed by atoms with Crippen molar-refractivity contribution in [3.05, 3.63) is 0 Å². The van der Waals surface area contributed by atoms with Crippen LogP contribution in [0.5, 0.6) is 0 Å². The molecule has 0 atom stereocenters. The van der Waals surface area contributed by atoms with Gasteiger partial charge in [0.15, 0.2) is 0 Å². The Morgan fingerprint density at radius 3 is 3.00 bits per heavy atom. The van der Waals surface area contributed by atoms with Crippen LogP contribution in [-0.2, 0) is 4.74 Å². The Bertz CT molecular complexity index is 57.2. The molecule has 0 aromatic carbocycles. The Morgan fingerprint density at radius 1 is 1.75 bits per heavy atom. The Kier molecular flexibility index (Phi) is 5.85. The lowest BCUT2D eigenvalue weighted by Gasteiger charge is -1.95. The molecule has 0 aliphatic carbocycles. The van der Waals surface area contributed by atoms with Gasteiger partial charge in [-0.05, 0) is 6.42 Å². The SMILES string of the molecule is COCCCNN=N. The molecule has 0 aromatic rings. The van der Waals surface area contributed by atoms with Crippen molar-refractivity contribution in [1.82, 2.24) is 5.43 Å². The zero-order valence-electron chi connectivity index (χ0n) is 4.98. The van der Waals surface area contributed by atoms with Crippen molar-refractivity contribution in [1.29, 1.82) is 5.53 Å². The van der Waals surface area contributed by atoms with Crippen LogP contribution in [0.1, 0.15) is 6.42 Å². The Morgan fingerprint density at radius 2 is 2.50 bits per heavy atom. The predicted molar refractivity (Wildman–Crippen MR) is 29.6 cm³/mol. The molecular formula is C4H11N3O. The number of rotatable bonds is 5. The molecule has 8 heavy (non-hydrogen) atoms. The molecule has 0 spiro atoms. The number of hydrogen-bond acceptors (Lipinski definition) is 3. The van der Waals surface area contributed by atoms with Gasteiger partial charge in [0, 0.05) is 20.3 Å². The molecule has 0 rings (SSSR count). The van der Waals surface area contributed by atoms with Gasteiger partial charge in [0.2, 0.25) is 0 Å². The highest BCUT2D eigenvalue weighted by atomic mass is 16.5. The van der Waals surface area contributed by atoms with E-state index in [0.29, 0.717) is 0 Å². The van der Waals surface area contributed by atoms with Crippen LogP contribution in [0.4, 0.5) is 0 Å². The van der Waals surface area contributed by atoms with E-state index in [1.165, 1.54) is 0 Å². The molecule has 0 heterocycles. The van der Waals surface area contributed by atoms with E-state index in [9.17, 15) is 0 Å². The first kappa shape index (κ1) is 7.36. The first-order chi connectivity index (χ1) is 3.91. The number of nitrogens with one attached hydrogen (secondary N) is 2. The van der Waals surface area contributed by atoms with Crippen LogP contribution in [0.2, 0.25) is 0 Å². The van der Waals surface area contributed by atoms with E-state index in [1.54, 1.807) is 7.11 Å². The Balaban J connectivity index is 2.62. The summed E-state index contributed by atoms with van der Waals surface area (Å²) in [5.41, 5.74) is 8.81. The number of hydrogen-bond donors (Lipinski definition) is 2. The van der Waals surface area contributed by atoms with Crippen molar-refractivity contribution in [2.45, 2.75) is 6.42 Å². The lowest BCUT2D eigenvalue weighted by molar-refractivity contribution is 0.194. The maximum atomic E-state index is 6.31. The summed E-state index contributed by atoms with van der Waals surface area (Å²) in [6.07, 6.45) is 0.902. The second kappa shape index (κ2) is 6.36. The van der Waals surface area contributed by atoms with E-state index in [2.05, 4.69) is 10.6 Å². The van der Waals surface area contributed by atoms with Crippen LogP contribution in [0.3, 0.4) is 0 Å². The third-order valence-corrected chi connectivity index (χ3v) is 0.716. The fourth-order valence-electron chi connectivity index (χ4n) is 0.351. The van der Waals surface area contributed by atoms with Gasteiger partial charge in [-0.25, -0.2) is 0 Å². The fourth-order valence-corrected chi connectivity index (χ4v) is 0.351. The summed E-state index contributed by atoms with van der Waals surface area (Å²) < 4.78 is 4.75. The lowest BCUT2D eigenvalue weighted by Crippen LogP contribution is -2.07. The smallest absolute Gasteiger partial charge is 0.0479 e. The molecule has 2 N–H and O–H groups in total. The summed E-state index contributed by atoms with van der Waals surface area (Å²) in [6, 6.07) is 0. The first-order valence-corrected chi connectivity index (χ1v) is 2.50. The molecular weight excluding hydrogens is 106 g/mol. The zero-order chi connectivity index (χ0) is 6.24. The normalized spacial score (nSPS) is 8.62. The average molecular weight is 117 g/mol. The number of nitrogens with zero attached hydrogens (tertiary/aromatic N) is 1. The summed E-state index contributed by atoms with van der Waals surface area (Å²) >= 11 is 0. The molecule has 0 amide bonds. The third kappa shape index (κ3) is 5.36. The molecule has 0 aliphatic heterocycles. The highest BCUT2D eigenvalue weighted by molar-refractivity contribution is 4.35. The average Bonchev–Trinajstić information content (AvgIpc) is 1.81. The van der Waals surface area contributed by atoms with E-state index in [0.717, 1.165) is 19.6 Å². The van der Waals surface area contributed by atoms with Gasteiger partial charge in [-0.2, -0.15) is 5.53 Å². The predicted octanol–water partition coefficient (Wildman–Crippen LogP) is 0.558. The van der Waals surface area contributed by atoms with Crippen molar-refractivity contribution in [2.75, 3.05) is 20.3 Å². The van der Waals surface area contributed by atoms with E-state index in [-0.39, 0.29) is 0 Å². The van der Waals surface area contributed by atoms with E-state index in [4.69, 9.17) is 10.3 Å². The van der Waals surface area contributed by atoms with Crippen molar-refractivity contribution in [3.63, 3.8) is 0 Å². The monoisotopic (exact) mass is 117 g/mol. The fraction of sp³-hybridized carbons (Fsp3) is 1.00. The van der Waals surface area contributed by atoms with Gasteiger partial charge in [0.1, 0.15) is 0 Å². The number of ether oxygens (including phenoxy) is 1. The van der Waals surface area contributed by atoms with Gasteiger partial charge in [0.05, 0.1) is 0 Å². The second-order valence-corrected chi connectivity index (χ2v) is 1.37. The van der Waals surface area contributed by atoms with Gasteiger partial charge < -0.3 is 4.74 Å². The van der Waals surface area contributed by atoms with Crippen LogP contribution in [-0.4, -0.2) is 20.3 Å². The number of methoxy groups -OCH3 is 1. The highest BCUT2D eigenvalue weighted by Gasteiger charge is 1.80. The summed E-state index contributed by atoms with van der Waals surface area (Å²) in [5, 5.41) is 2.95. The third-order valence-electron chi connectivity index (χ3n) is 0.716. The molecule has 4 nitrogen and oxygen atoms in total. The standard InChI is InChI=1S/C4H11N3O/c1-8-4-2-3-6-7-5/h2-4H2,1H3,(H2,5,6). The zero-order valence-corrected chi connectivity index (χ0v) is 4.98. The summed E-state index contributed by atoms with van der Waals surface area (Å²) in [6.45, 7) is 1.44. The summed E-state index contributed by atoms with van der Waals surface area (Å²) in [7, 11) is 1.65. The molecule has 4 heteroatoms. The molecule has 0 radical (unpaired) electrons. The van der Waals surface area contributed by atoms with E-state index >= 15 is 0 Å². The Hall–Kier alpha value is -0.640. The molecule has 0 saturated heterocycles. The maximum Gasteiger partial charge on any atom is 0.0479 e. The molecule has 0 unspecified atom stereocenters. The van der Waals surface area contributed by atoms with Gasteiger partial charge in [-0.1, -0.05) is 5.22 Å². The lowest BCUT2D eigenvalue weighted by atomic mass is 10.5. The van der Waals surface area contributed by atoms with Gasteiger partial charge in [0.25, 0.3) is 0 Å². The van der Waals surface area contributed by atoms with Crippen LogP contribution >= 0.6 is 0 Å². The van der Waals surface area contributed by atoms with Crippen molar-refractivity contribution in [2.24, 2.45) is 5.22 Å². The van der Waals surface area contributed by atoms with Crippen LogP contribution < -0.4 is 5.43 Å². The van der Waals surface area contributed by atoms with E-state index in [1.807, 2.05) is 0 Å². The van der Waals surface area contributed by atoms with Crippen LogP contribution in [0, 0.1) is 5.53 Å². The molecule has 0 fully saturated rings. The van der Waals surface area contributed by atoms with Crippen molar-refractivity contribution < 1.29 is 4.74 Å². The topological polar surface area (TPSA) is 57.5 Å². The molecule has 0 bridgehead atoms. The van der Waals surface area contributed by atoms with Crippen LogP contribution in [0.25, 0.3) is 0 Å². The quantitative estimate of drug-likeness (QED) is 0.314. The van der Waals surface area contributed by atoms with Crippen molar-refractivity contribution >= 4 is 0 Å². The summed E-state index contributed by atoms with van der Waals surface area (Å²) in [4.78, 5) is 0. The molecule has 48 valence electrons. The molecule has 0 aromatic heterocycles. The first-order valence-electron chi connectivity index (χ1n) is 2.50. The minimum atomic E-state index is 0.720. The van der Waals surface area contributed by atoms with Gasteiger partial charge >= 0.3 is 0 Å². The van der Waals surface area contributed by atoms with Gasteiger partial charge in [-0.15, -0.1) is 0 Å². The highest BCUT2D eigenvalue weighted by Crippen LogP contribution is 1.75. The molecule has 0 aliphatic rings. The van der Waals surface area contributed by atoms with E-state index < -0.39 is 0 Å². The summed E-state index contributed by atoms with van der Waals surface area (Å²) in [5.74, 6) is 0. The second-order valence-electron chi connectivity index (χ2n) is 1.37. The Labute approximate surface area is 48.7 Å². The largest absolute Gasteiger partial charge is 0.385 e. The minimum Gasteiger partial charge on any atom is -0.385 e. The van der Waals surface area contributed by atoms with Gasteiger partial charge in [-0.3, -0.25) is 5.43 Å². The minimum absolute atomic E-state index is 0.720. The molecule has 0 saturated carbocycles. The van der Waals surface area contributed by atoms with Crippen LogP contribution in [0.15, 0.2) is 5.22 Å². The maximum absolute atomic E-state index is 6.31.